The standard InChI is InChI=1S/C13H20N6/c1-3-14-13-16-11-10(8-15-18-11)12(17-13)19-6-4-9(2)5-7-19/h8-9H,3-7H2,1-2H3,(H2,14,15,16,17,18). The molecule has 0 aliphatic carbocycles. The van der Waals surface area contributed by atoms with E-state index in [2.05, 4.69) is 37.3 Å². The Hall–Kier alpha value is -1.85. The lowest BCUT2D eigenvalue weighted by Crippen LogP contribution is -2.33. The molecule has 1 fully saturated rings. The van der Waals surface area contributed by atoms with Crippen LogP contribution in [-0.2, 0) is 0 Å². The summed E-state index contributed by atoms with van der Waals surface area (Å²) in [5, 5.41) is 11.2. The zero-order chi connectivity index (χ0) is 13.2. The molecule has 0 radical (unpaired) electrons. The largest absolute Gasteiger partial charge is 0.356 e. The van der Waals surface area contributed by atoms with Gasteiger partial charge in [0.1, 0.15) is 5.82 Å². The highest BCUT2D eigenvalue weighted by Gasteiger charge is 2.20. The SMILES string of the molecule is CCNc1nc(N2CCC(C)CC2)c2cn[nH]c2n1. The lowest BCUT2D eigenvalue weighted by Gasteiger charge is -2.31. The van der Waals surface area contributed by atoms with Crippen LogP contribution in [0.1, 0.15) is 26.7 Å². The van der Waals surface area contributed by atoms with Crippen molar-refractivity contribution in [2.45, 2.75) is 26.7 Å². The lowest BCUT2D eigenvalue weighted by atomic mass is 9.99. The van der Waals surface area contributed by atoms with Crippen molar-refractivity contribution in [2.24, 2.45) is 5.92 Å². The Bertz CT molecular complexity index is 555. The summed E-state index contributed by atoms with van der Waals surface area (Å²) in [6, 6.07) is 0. The zero-order valence-corrected chi connectivity index (χ0v) is 11.5. The quantitative estimate of drug-likeness (QED) is 0.883. The van der Waals surface area contributed by atoms with Gasteiger partial charge in [0, 0.05) is 19.6 Å². The first-order valence-corrected chi connectivity index (χ1v) is 6.98. The Kier molecular flexibility index (Phi) is 3.23. The number of anilines is 2. The van der Waals surface area contributed by atoms with Crippen molar-refractivity contribution in [2.75, 3.05) is 29.9 Å². The average Bonchev–Trinajstić information content (AvgIpc) is 2.87. The molecule has 2 N–H and O–H groups in total. The first kappa shape index (κ1) is 12.2. The van der Waals surface area contributed by atoms with Crippen LogP contribution in [0.3, 0.4) is 0 Å². The van der Waals surface area contributed by atoms with Crippen LogP contribution in [0.2, 0.25) is 0 Å². The summed E-state index contributed by atoms with van der Waals surface area (Å²) < 4.78 is 0. The van der Waals surface area contributed by atoms with E-state index >= 15 is 0 Å². The van der Waals surface area contributed by atoms with Gasteiger partial charge in [0.05, 0.1) is 11.6 Å². The van der Waals surface area contributed by atoms with Gasteiger partial charge >= 0.3 is 0 Å². The number of rotatable bonds is 3. The first-order valence-electron chi connectivity index (χ1n) is 6.98. The van der Waals surface area contributed by atoms with Gasteiger partial charge < -0.3 is 10.2 Å². The van der Waals surface area contributed by atoms with Gasteiger partial charge in [0.2, 0.25) is 5.95 Å². The van der Waals surface area contributed by atoms with Crippen molar-refractivity contribution < 1.29 is 0 Å². The third kappa shape index (κ3) is 2.34. The van der Waals surface area contributed by atoms with Crippen LogP contribution in [0.25, 0.3) is 11.0 Å². The molecule has 0 spiro atoms. The molecule has 3 rings (SSSR count). The number of piperidine rings is 1. The van der Waals surface area contributed by atoms with Crippen molar-refractivity contribution >= 4 is 22.8 Å². The molecule has 1 aliphatic rings. The van der Waals surface area contributed by atoms with Gasteiger partial charge in [-0.1, -0.05) is 6.92 Å². The Morgan fingerprint density at radius 2 is 2.16 bits per heavy atom. The Morgan fingerprint density at radius 1 is 1.37 bits per heavy atom. The molecular formula is C13H20N6. The van der Waals surface area contributed by atoms with Crippen LogP contribution in [-0.4, -0.2) is 39.8 Å². The van der Waals surface area contributed by atoms with Crippen LogP contribution < -0.4 is 10.2 Å². The number of nitrogens with zero attached hydrogens (tertiary/aromatic N) is 4. The van der Waals surface area contributed by atoms with Crippen molar-refractivity contribution in [3.63, 3.8) is 0 Å². The van der Waals surface area contributed by atoms with Crippen LogP contribution in [0.15, 0.2) is 6.20 Å². The molecule has 0 bridgehead atoms. The molecule has 0 atom stereocenters. The Labute approximate surface area is 112 Å². The minimum Gasteiger partial charge on any atom is -0.356 e. The summed E-state index contributed by atoms with van der Waals surface area (Å²) in [6.45, 7) is 7.29. The second kappa shape index (κ2) is 5.03. The summed E-state index contributed by atoms with van der Waals surface area (Å²) in [7, 11) is 0. The van der Waals surface area contributed by atoms with Gasteiger partial charge in [-0.05, 0) is 25.7 Å². The fourth-order valence-corrected chi connectivity index (χ4v) is 2.52. The predicted molar refractivity (Wildman–Crippen MR) is 76.5 cm³/mol. The van der Waals surface area contributed by atoms with Crippen LogP contribution in [0.4, 0.5) is 11.8 Å². The molecule has 0 unspecified atom stereocenters. The predicted octanol–water partition coefficient (Wildman–Crippen LogP) is 2.02. The Balaban J connectivity index is 1.98. The van der Waals surface area contributed by atoms with Gasteiger partial charge in [-0.2, -0.15) is 15.1 Å². The summed E-state index contributed by atoms with van der Waals surface area (Å²) in [4.78, 5) is 11.4. The fraction of sp³-hybridized carbons (Fsp3) is 0.615. The monoisotopic (exact) mass is 260 g/mol. The molecule has 6 nitrogen and oxygen atoms in total. The normalized spacial score (nSPS) is 17.1. The van der Waals surface area contributed by atoms with E-state index in [-0.39, 0.29) is 0 Å². The number of H-pyrrole nitrogens is 1. The van der Waals surface area contributed by atoms with E-state index in [0.29, 0.717) is 5.95 Å². The third-order valence-corrected chi connectivity index (χ3v) is 3.71. The molecule has 1 saturated heterocycles. The van der Waals surface area contributed by atoms with E-state index < -0.39 is 0 Å². The van der Waals surface area contributed by atoms with Gasteiger partial charge in [-0.25, -0.2) is 0 Å². The fourth-order valence-electron chi connectivity index (χ4n) is 2.52. The minimum absolute atomic E-state index is 0.674. The summed E-state index contributed by atoms with van der Waals surface area (Å²) in [6.07, 6.45) is 4.26. The van der Waals surface area contributed by atoms with E-state index in [0.717, 1.165) is 42.4 Å². The number of hydrogen-bond acceptors (Lipinski definition) is 5. The van der Waals surface area contributed by atoms with Gasteiger partial charge in [0.15, 0.2) is 5.65 Å². The number of fused-ring (bicyclic) bond motifs is 1. The van der Waals surface area contributed by atoms with E-state index in [1.165, 1.54) is 12.8 Å². The number of nitrogens with one attached hydrogen (secondary N) is 2. The molecule has 3 heterocycles. The molecule has 1 aliphatic heterocycles. The summed E-state index contributed by atoms with van der Waals surface area (Å²) in [5.41, 5.74) is 0.805. The number of aromatic nitrogens is 4. The van der Waals surface area contributed by atoms with Gasteiger partial charge in [-0.3, -0.25) is 5.10 Å². The van der Waals surface area contributed by atoms with E-state index in [4.69, 9.17) is 0 Å². The highest BCUT2D eigenvalue weighted by molar-refractivity contribution is 5.87. The van der Waals surface area contributed by atoms with Crippen LogP contribution >= 0.6 is 0 Å². The average molecular weight is 260 g/mol. The van der Waals surface area contributed by atoms with E-state index in [9.17, 15) is 0 Å². The molecule has 2 aromatic heterocycles. The van der Waals surface area contributed by atoms with Crippen molar-refractivity contribution in [3.05, 3.63) is 6.20 Å². The molecule has 2 aromatic rings. The van der Waals surface area contributed by atoms with Crippen molar-refractivity contribution in [1.29, 1.82) is 0 Å². The molecule has 102 valence electrons. The van der Waals surface area contributed by atoms with E-state index in [1.807, 2.05) is 13.1 Å². The molecular weight excluding hydrogens is 240 g/mol. The maximum absolute atomic E-state index is 4.66. The number of hydrogen-bond donors (Lipinski definition) is 2. The summed E-state index contributed by atoms with van der Waals surface area (Å²) >= 11 is 0. The lowest BCUT2D eigenvalue weighted by molar-refractivity contribution is 0.437. The molecule has 6 heteroatoms. The molecule has 0 saturated carbocycles. The number of aromatic amines is 1. The maximum atomic E-state index is 4.66. The van der Waals surface area contributed by atoms with Gasteiger partial charge in [0.25, 0.3) is 0 Å². The highest BCUT2D eigenvalue weighted by Crippen LogP contribution is 2.27. The van der Waals surface area contributed by atoms with Crippen LogP contribution in [0.5, 0.6) is 0 Å². The Morgan fingerprint density at radius 3 is 2.89 bits per heavy atom. The van der Waals surface area contributed by atoms with Crippen molar-refractivity contribution in [3.8, 4) is 0 Å². The highest BCUT2D eigenvalue weighted by atomic mass is 15.3. The summed E-state index contributed by atoms with van der Waals surface area (Å²) in [5.74, 6) is 2.49. The second-order valence-corrected chi connectivity index (χ2v) is 5.20. The minimum atomic E-state index is 0.674. The second-order valence-electron chi connectivity index (χ2n) is 5.20. The maximum Gasteiger partial charge on any atom is 0.226 e. The third-order valence-electron chi connectivity index (χ3n) is 3.71. The molecule has 0 amide bonds. The first-order chi connectivity index (χ1) is 9.28. The smallest absolute Gasteiger partial charge is 0.226 e. The van der Waals surface area contributed by atoms with E-state index in [1.54, 1.807) is 0 Å². The zero-order valence-electron chi connectivity index (χ0n) is 11.5. The van der Waals surface area contributed by atoms with Crippen molar-refractivity contribution in [1.82, 2.24) is 20.2 Å². The van der Waals surface area contributed by atoms with Gasteiger partial charge in [-0.15, -0.1) is 0 Å². The molecule has 0 aromatic carbocycles. The van der Waals surface area contributed by atoms with Crippen LogP contribution in [0, 0.1) is 5.92 Å². The topological polar surface area (TPSA) is 69.7 Å². The molecule has 19 heavy (non-hydrogen) atoms.